The minimum absolute atomic E-state index is 0.110. The summed E-state index contributed by atoms with van der Waals surface area (Å²) >= 11 is 0. The molecule has 0 aromatic carbocycles. The van der Waals surface area contributed by atoms with Crippen molar-refractivity contribution in [3.63, 3.8) is 0 Å². The van der Waals surface area contributed by atoms with Gasteiger partial charge in [0, 0.05) is 18.8 Å². The van der Waals surface area contributed by atoms with E-state index in [0.717, 1.165) is 0 Å². The monoisotopic (exact) mass is 256 g/mol. The summed E-state index contributed by atoms with van der Waals surface area (Å²) in [5.41, 5.74) is 1.98. The van der Waals surface area contributed by atoms with Gasteiger partial charge >= 0.3 is 0 Å². The molecule has 0 fully saturated rings. The Labute approximate surface area is 105 Å². The van der Waals surface area contributed by atoms with E-state index in [4.69, 9.17) is 10.6 Å². The van der Waals surface area contributed by atoms with Gasteiger partial charge in [-0.15, -0.1) is 0 Å². The molecule has 1 heterocycles. The smallest absolute Gasteiger partial charge is 0.254 e. The number of carbonyl (C=O) groups excluding carboxylic acids is 1. The number of nitrogen functional groups attached to an aromatic ring is 1. The quantitative estimate of drug-likeness (QED) is 0.514. The lowest BCUT2D eigenvalue weighted by molar-refractivity contribution is 0.0868. The number of halogens is 1. The van der Waals surface area contributed by atoms with Crippen LogP contribution in [0.1, 0.15) is 24.2 Å². The van der Waals surface area contributed by atoms with Gasteiger partial charge in [-0.3, -0.25) is 4.79 Å². The van der Waals surface area contributed by atoms with Gasteiger partial charge in [0.1, 0.15) is 0 Å². The van der Waals surface area contributed by atoms with Gasteiger partial charge in [0.05, 0.1) is 12.2 Å². The molecule has 6 nitrogen and oxygen atoms in total. The molecule has 1 aromatic rings. The maximum absolute atomic E-state index is 13.7. The Morgan fingerprint density at radius 2 is 2.39 bits per heavy atom. The molecule has 1 unspecified atom stereocenters. The Hall–Kier alpha value is -1.73. The topological polar surface area (TPSA) is 89.3 Å². The average molecular weight is 256 g/mol. The van der Waals surface area contributed by atoms with E-state index in [-0.39, 0.29) is 17.4 Å². The molecule has 0 spiro atoms. The number of nitrogens with zero attached hydrogens (tertiary/aromatic N) is 1. The maximum atomic E-state index is 13.7. The fourth-order valence-corrected chi connectivity index (χ4v) is 1.36. The van der Waals surface area contributed by atoms with Crippen molar-refractivity contribution in [2.24, 2.45) is 5.84 Å². The molecule has 0 aliphatic carbocycles. The maximum Gasteiger partial charge on any atom is 0.254 e. The first-order chi connectivity index (χ1) is 8.60. The summed E-state index contributed by atoms with van der Waals surface area (Å²) in [5.74, 6) is 3.61. The van der Waals surface area contributed by atoms with E-state index < -0.39 is 11.7 Å². The lowest BCUT2D eigenvalue weighted by Crippen LogP contribution is -2.36. The Kier molecular flexibility index (Phi) is 5.47. The van der Waals surface area contributed by atoms with Crippen LogP contribution >= 0.6 is 0 Å². The van der Waals surface area contributed by atoms with Gasteiger partial charge in [-0.25, -0.2) is 15.2 Å². The van der Waals surface area contributed by atoms with Gasteiger partial charge in [0.2, 0.25) is 0 Å². The summed E-state index contributed by atoms with van der Waals surface area (Å²) in [6.07, 6.45) is 1.31. The Bertz CT molecular complexity index is 414. The van der Waals surface area contributed by atoms with Gasteiger partial charge in [0.15, 0.2) is 11.6 Å². The summed E-state index contributed by atoms with van der Waals surface area (Å²) in [5, 5.41) is 2.62. The number of ether oxygens (including phenoxy) is 1. The molecule has 4 N–H and O–H groups in total. The standard InChI is InChI=1S/C11H17FN4O2/c1-3-18-6-7(2)15-11(17)8-4-5-14-10(16-13)9(8)12/h4-5,7H,3,6,13H2,1-2H3,(H,14,16)(H,15,17). The molecule has 0 saturated heterocycles. The number of anilines is 1. The highest BCUT2D eigenvalue weighted by Crippen LogP contribution is 2.13. The molecular weight excluding hydrogens is 239 g/mol. The van der Waals surface area contributed by atoms with Gasteiger partial charge in [-0.2, -0.15) is 0 Å². The molecule has 100 valence electrons. The van der Waals surface area contributed by atoms with E-state index >= 15 is 0 Å². The van der Waals surface area contributed by atoms with Crippen LogP contribution in [0.25, 0.3) is 0 Å². The van der Waals surface area contributed by atoms with Crippen molar-refractivity contribution in [1.29, 1.82) is 0 Å². The first-order valence-electron chi connectivity index (χ1n) is 5.59. The van der Waals surface area contributed by atoms with Gasteiger partial charge in [-0.05, 0) is 19.9 Å². The number of hydrazine groups is 1. The van der Waals surface area contributed by atoms with Crippen LogP contribution < -0.4 is 16.6 Å². The Morgan fingerprint density at radius 1 is 1.67 bits per heavy atom. The first-order valence-corrected chi connectivity index (χ1v) is 5.59. The molecule has 0 bridgehead atoms. The van der Waals surface area contributed by atoms with E-state index in [1.54, 1.807) is 6.92 Å². The molecular formula is C11H17FN4O2. The van der Waals surface area contributed by atoms with E-state index in [1.807, 2.05) is 6.92 Å². The second-order valence-electron chi connectivity index (χ2n) is 3.70. The zero-order valence-electron chi connectivity index (χ0n) is 10.4. The summed E-state index contributed by atoms with van der Waals surface area (Å²) in [7, 11) is 0. The number of amides is 1. The van der Waals surface area contributed by atoms with Crippen LogP contribution in [0.3, 0.4) is 0 Å². The van der Waals surface area contributed by atoms with Crippen LogP contribution in [0.5, 0.6) is 0 Å². The number of hydrogen-bond acceptors (Lipinski definition) is 5. The summed E-state index contributed by atoms with van der Waals surface area (Å²) < 4.78 is 18.9. The van der Waals surface area contributed by atoms with Gasteiger partial charge in [-0.1, -0.05) is 0 Å². The zero-order valence-corrected chi connectivity index (χ0v) is 10.4. The van der Waals surface area contributed by atoms with Crippen molar-refractivity contribution in [2.75, 3.05) is 18.6 Å². The number of hydrogen-bond donors (Lipinski definition) is 3. The summed E-state index contributed by atoms with van der Waals surface area (Å²) in [6, 6.07) is 1.08. The number of aromatic nitrogens is 1. The lowest BCUT2D eigenvalue weighted by Gasteiger charge is -2.14. The van der Waals surface area contributed by atoms with Gasteiger partial charge < -0.3 is 15.5 Å². The Morgan fingerprint density at radius 3 is 3.00 bits per heavy atom. The van der Waals surface area contributed by atoms with E-state index in [9.17, 15) is 9.18 Å². The van der Waals surface area contributed by atoms with E-state index in [2.05, 4.69) is 15.7 Å². The van der Waals surface area contributed by atoms with Crippen molar-refractivity contribution in [1.82, 2.24) is 10.3 Å². The highest BCUT2D eigenvalue weighted by Gasteiger charge is 2.17. The summed E-state index contributed by atoms with van der Waals surface area (Å²) in [4.78, 5) is 15.5. The van der Waals surface area contributed by atoms with E-state index in [0.29, 0.717) is 13.2 Å². The van der Waals surface area contributed by atoms with Crippen molar-refractivity contribution >= 4 is 11.7 Å². The molecule has 0 aliphatic heterocycles. The van der Waals surface area contributed by atoms with Crippen LogP contribution in [0.2, 0.25) is 0 Å². The van der Waals surface area contributed by atoms with Crippen molar-refractivity contribution < 1.29 is 13.9 Å². The zero-order chi connectivity index (χ0) is 13.5. The van der Waals surface area contributed by atoms with Crippen molar-refractivity contribution in [2.45, 2.75) is 19.9 Å². The minimum Gasteiger partial charge on any atom is -0.380 e. The number of nitrogens with one attached hydrogen (secondary N) is 2. The number of rotatable bonds is 6. The molecule has 0 radical (unpaired) electrons. The van der Waals surface area contributed by atoms with E-state index in [1.165, 1.54) is 12.3 Å². The fraction of sp³-hybridized carbons (Fsp3) is 0.455. The van der Waals surface area contributed by atoms with Crippen molar-refractivity contribution in [3.8, 4) is 0 Å². The molecule has 1 rings (SSSR count). The van der Waals surface area contributed by atoms with Crippen LogP contribution in [0.4, 0.5) is 10.2 Å². The third-order valence-electron chi connectivity index (χ3n) is 2.22. The predicted octanol–water partition coefficient (Wildman–Crippen LogP) is 0.661. The highest BCUT2D eigenvalue weighted by molar-refractivity contribution is 5.95. The lowest BCUT2D eigenvalue weighted by atomic mass is 10.2. The molecule has 7 heteroatoms. The normalized spacial score (nSPS) is 12.0. The second kappa shape index (κ2) is 6.87. The van der Waals surface area contributed by atoms with Crippen LogP contribution in [0, 0.1) is 5.82 Å². The van der Waals surface area contributed by atoms with Gasteiger partial charge in [0.25, 0.3) is 5.91 Å². The summed E-state index contributed by atoms with van der Waals surface area (Å²) in [6.45, 7) is 4.56. The highest BCUT2D eigenvalue weighted by atomic mass is 19.1. The molecule has 1 aromatic heterocycles. The fourth-order valence-electron chi connectivity index (χ4n) is 1.36. The molecule has 0 saturated carbocycles. The minimum atomic E-state index is -0.777. The third kappa shape index (κ3) is 3.64. The Balaban J connectivity index is 2.72. The molecule has 0 aliphatic rings. The number of nitrogens with two attached hydrogens (primary N) is 1. The third-order valence-corrected chi connectivity index (χ3v) is 2.22. The second-order valence-corrected chi connectivity index (χ2v) is 3.70. The molecule has 1 atom stereocenters. The number of carbonyl (C=O) groups is 1. The van der Waals surface area contributed by atoms with Crippen LogP contribution in [0.15, 0.2) is 12.3 Å². The number of pyridine rings is 1. The first kappa shape index (κ1) is 14.3. The SMILES string of the molecule is CCOCC(C)NC(=O)c1ccnc(NN)c1F. The molecule has 1 amide bonds. The van der Waals surface area contributed by atoms with Crippen LogP contribution in [-0.4, -0.2) is 30.1 Å². The largest absolute Gasteiger partial charge is 0.380 e. The molecule has 18 heavy (non-hydrogen) atoms. The average Bonchev–Trinajstić information content (AvgIpc) is 2.36. The van der Waals surface area contributed by atoms with Crippen molar-refractivity contribution in [3.05, 3.63) is 23.6 Å². The van der Waals surface area contributed by atoms with Crippen LogP contribution in [-0.2, 0) is 4.74 Å². The predicted molar refractivity (Wildman–Crippen MR) is 65.4 cm³/mol.